The van der Waals surface area contributed by atoms with E-state index < -0.39 is 0 Å². The van der Waals surface area contributed by atoms with Gasteiger partial charge in [-0.15, -0.1) is 0 Å². The molecule has 1 saturated heterocycles. The Kier molecular flexibility index (Phi) is 6.73. The molecule has 0 aromatic heterocycles. The van der Waals surface area contributed by atoms with Crippen molar-refractivity contribution in [1.29, 1.82) is 0 Å². The predicted octanol–water partition coefficient (Wildman–Crippen LogP) is 7.48. The first-order valence-electron chi connectivity index (χ1n) is 12.2. The number of nitrogens with zero attached hydrogens (tertiary/aromatic N) is 2. The number of aliphatic imine (C=N–C) groups is 1. The summed E-state index contributed by atoms with van der Waals surface area (Å²) in [6.45, 7) is 4.68. The molecule has 174 valence electrons. The molecule has 1 amide bonds. The van der Waals surface area contributed by atoms with Crippen LogP contribution in [0.5, 0.6) is 5.75 Å². The Bertz CT molecular complexity index is 1260. The number of rotatable bonds is 5. The summed E-state index contributed by atoms with van der Waals surface area (Å²) in [6, 6.07) is 20.7. The number of thioether (sulfide) groups is 1. The van der Waals surface area contributed by atoms with Gasteiger partial charge in [-0.1, -0.05) is 67.3 Å². The summed E-state index contributed by atoms with van der Waals surface area (Å²) >= 11 is 1.49. The van der Waals surface area contributed by atoms with Crippen LogP contribution in [-0.4, -0.2) is 28.6 Å². The van der Waals surface area contributed by atoms with Crippen molar-refractivity contribution >= 4 is 45.4 Å². The van der Waals surface area contributed by atoms with Gasteiger partial charge in [-0.25, -0.2) is 4.99 Å². The molecule has 1 saturated carbocycles. The molecular weight excluding hydrogens is 440 g/mol. The van der Waals surface area contributed by atoms with Gasteiger partial charge in [0.2, 0.25) is 0 Å². The minimum atomic E-state index is 0.0701. The number of fused-ring (bicyclic) bond motifs is 1. The minimum absolute atomic E-state index is 0.0701. The zero-order valence-corrected chi connectivity index (χ0v) is 20.6. The zero-order valence-electron chi connectivity index (χ0n) is 19.8. The summed E-state index contributed by atoms with van der Waals surface area (Å²) in [5, 5.41) is 2.94. The lowest BCUT2D eigenvalue weighted by Gasteiger charge is -2.30. The highest BCUT2D eigenvalue weighted by Gasteiger charge is 2.38. The smallest absolute Gasteiger partial charge is 0.267 e. The summed E-state index contributed by atoms with van der Waals surface area (Å²) in [6.07, 6.45) is 7.69. The van der Waals surface area contributed by atoms with E-state index in [0.717, 1.165) is 50.7 Å². The van der Waals surface area contributed by atoms with E-state index in [1.54, 1.807) is 0 Å². The van der Waals surface area contributed by atoms with Gasteiger partial charge in [0.1, 0.15) is 5.75 Å². The van der Waals surface area contributed by atoms with Crippen LogP contribution < -0.4 is 4.74 Å². The maximum absolute atomic E-state index is 13.7. The molecule has 2 aliphatic rings. The fourth-order valence-corrected chi connectivity index (χ4v) is 5.85. The molecule has 1 heterocycles. The average molecular weight is 471 g/mol. The van der Waals surface area contributed by atoms with Crippen LogP contribution in [-0.2, 0) is 4.79 Å². The van der Waals surface area contributed by atoms with Crippen molar-refractivity contribution in [3.8, 4) is 5.75 Å². The molecule has 5 rings (SSSR count). The van der Waals surface area contributed by atoms with Crippen LogP contribution >= 0.6 is 11.8 Å². The molecule has 0 radical (unpaired) electrons. The van der Waals surface area contributed by atoms with E-state index in [4.69, 9.17) is 9.73 Å². The molecular formula is C29H30N2O2S. The molecule has 1 aliphatic carbocycles. The van der Waals surface area contributed by atoms with Gasteiger partial charge in [0.25, 0.3) is 5.91 Å². The Hall–Kier alpha value is -3.05. The first-order valence-corrected chi connectivity index (χ1v) is 13.0. The second-order valence-corrected chi connectivity index (χ2v) is 9.95. The number of aryl methyl sites for hydroxylation is 1. The largest absolute Gasteiger partial charge is 0.493 e. The highest BCUT2D eigenvalue weighted by atomic mass is 32.2. The third-order valence-corrected chi connectivity index (χ3v) is 7.52. The Balaban J connectivity index is 1.55. The number of hydrogen-bond donors (Lipinski definition) is 0. The molecule has 3 aromatic carbocycles. The van der Waals surface area contributed by atoms with Crippen LogP contribution in [0.25, 0.3) is 16.8 Å². The summed E-state index contributed by atoms with van der Waals surface area (Å²) < 4.78 is 5.83. The third kappa shape index (κ3) is 4.62. The van der Waals surface area contributed by atoms with Crippen molar-refractivity contribution in [2.45, 2.75) is 52.0 Å². The number of hydrogen-bond acceptors (Lipinski definition) is 4. The monoisotopic (exact) mass is 470 g/mol. The summed E-state index contributed by atoms with van der Waals surface area (Å²) in [7, 11) is 0. The van der Waals surface area contributed by atoms with Crippen molar-refractivity contribution in [2.75, 3.05) is 6.61 Å². The van der Waals surface area contributed by atoms with E-state index in [2.05, 4.69) is 31.2 Å². The van der Waals surface area contributed by atoms with Crippen molar-refractivity contribution in [3.05, 3.63) is 76.7 Å². The lowest BCUT2D eigenvalue weighted by Crippen LogP contribution is -2.40. The van der Waals surface area contributed by atoms with Crippen LogP contribution in [0.3, 0.4) is 0 Å². The van der Waals surface area contributed by atoms with Gasteiger partial charge in [-0.3, -0.25) is 9.69 Å². The molecule has 0 N–H and O–H groups in total. The van der Waals surface area contributed by atoms with Gasteiger partial charge in [0.15, 0.2) is 5.17 Å². The topological polar surface area (TPSA) is 41.9 Å². The molecule has 0 bridgehead atoms. The van der Waals surface area contributed by atoms with E-state index in [1.807, 2.05) is 54.3 Å². The Morgan fingerprint density at radius 2 is 1.74 bits per heavy atom. The highest BCUT2D eigenvalue weighted by Crippen LogP contribution is 2.40. The normalized spacial score (nSPS) is 19.5. The van der Waals surface area contributed by atoms with E-state index in [0.29, 0.717) is 6.61 Å². The Morgan fingerprint density at radius 1 is 1.00 bits per heavy atom. The molecule has 4 nitrogen and oxygen atoms in total. The number of benzene rings is 3. The third-order valence-electron chi connectivity index (χ3n) is 6.54. The molecule has 0 spiro atoms. The zero-order chi connectivity index (χ0) is 23.5. The van der Waals surface area contributed by atoms with Crippen LogP contribution in [0.2, 0.25) is 0 Å². The summed E-state index contributed by atoms with van der Waals surface area (Å²) in [5.74, 6) is 0.942. The van der Waals surface area contributed by atoms with Crippen LogP contribution in [0, 0.1) is 6.92 Å². The lowest BCUT2D eigenvalue weighted by molar-refractivity contribution is -0.124. The number of carbonyl (C=O) groups is 1. The Labute approximate surface area is 205 Å². The van der Waals surface area contributed by atoms with Gasteiger partial charge in [0.05, 0.1) is 17.2 Å². The van der Waals surface area contributed by atoms with Gasteiger partial charge in [-0.2, -0.15) is 0 Å². The molecule has 1 aliphatic heterocycles. The number of carbonyl (C=O) groups excluding carboxylic acids is 1. The second kappa shape index (κ2) is 10.1. The van der Waals surface area contributed by atoms with Gasteiger partial charge < -0.3 is 4.74 Å². The maximum Gasteiger partial charge on any atom is 0.267 e. The second-order valence-electron chi connectivity index (χ2n) is 8.94. The van der Waals surface area contributed by atoms with Gasteiger partial charge in [-0.05, 0) is 73.7 Å². The number of amides is 1. The van der Waals surface area contributed by atoms with Crippen molar-refractivity contribution < 1.29 is 9.53 Å². The minimum Gasteiger partial charge on any atom is -0.493 e. The Morgan fingerprint density at radius 3 is 2.47 bits per heavy atom. The molecule has 0 atom stereocenters. The first-order chi connectivity index (χ1) is 16.6. The molecule has 2 fully saturated rings. The fourth-order valence-electron chi connectivity index (χ4n) is 4.80. The van der Waals surface area contributed by atoms with Crippen molar-refractivity contribution in [3.63, 3.8) is 0 Å². The fraction of sp³-hybridized carbons (Fsp3) is 0.310. The van der Waals surface area contributed by atoms with Gasteiger partial charge >= 0.3 is 0 Å². The SMILES string of the molecule is CCOc1ccc(/C=C2/SC(=Nc3ccc(C)cc3)N(C3CCCCC3)C2=O)c2ccccc12. The van der Waals surface area contributed by atoms with E-state index in [-0.39, 0.29) is 11.9 Å². The predicted molar refractivity (Wildman–Crippen MR) is 143 cm³/mol. The molecule has 0 unspecified atom stereocenters. The standard InChI is InChI=1S/C29H30N2O2S/c1-3-33-26-18-15-21(24-11-7-8-12-25(24)26)19-27-28(32)31(23-9-5-4-6-10-23)29(34-27)30-22-16-13-20(2)14-17-22/h7-8,11-19,23H,3-6,9-10H2,1-2H3/b27-19+,30-29?. The number of ether oxygens (including phenoxy) is 1. The van der Waals surface area contributed by atoms with Gasteiger partial charge in [0, 0.05) is 11.4 Å². The summed E-state index contributed by atoms with van der Waals surface area (Å²) in [5.41, 5.74) is 3.11. The molecule has 34 heavy (non-hydrogen) atoms. The van der Waals surface area contributed by atoms with Crippen molar-refractivity contribution in [2.24, 2.45) is 4.99 Å². The lowest BCUT2D eigenvalue weighted by atomic mass is 9.94. The van der Waals surface area contributed by atoms with Crippen LogP contribution in [0.4, 0.5) is 5.69 Å². The molecule has 5 heteroatoms. The van der Waals surface area contributed by atoms with E-state index in [1.165, 1.54) is 36.6 Å². The van der Waals surface area contributed by atoms with E-state index in [9.17, 15) is 4.79 Å². The number of amidine groups is 1. The molecule has 3 aromatic rings. The van der Waals surface area contributed by atoms with E-state index >= 15 is 0 Å². The summed E-state index contributed by atoms with van der Waals surface area (Å²) in [4.78, 5) is 21.3. The van der Waals surface area contributed by atoms with Crippen molar-refractivity contribution in [1.82, 2.24) is 4.90 Å². The first kappa shape index (κ1) is 22.7. The van der Waals surface area contributed by atoms with Crippen LogP contribution in [0.15, 0.2) is 70.6 Å². The average Bonchev–Trinajstić information content (AvgIpc) is 3.17. The maximum atomic E-state index is 13.7. The van der Waals surface area contributed by atoms with Crippen LogP contribution in [0.1, 0.15) is 50.2 Å². The quantitative estimate of drug-likeness (QED) is 0.363. The highest BCUT2D eigenvalue weighted by molar-refractivity contribution is 8.18.